The number of furan rings is 1. The fourth-order valence-corrected chi connectivity index (χ4v) is 2.54. The lowest BCUT2D eigenvalue weighted by atomic mass is 9.90. The average Bonchev–Trinajstić information content (AvgIpc) is 2.89. The lowest BCUT2D eigenvalue weighted by molar-refractivity contribution is 0.518. The summed E-state index contributed by atoms with van der Waals surface area (Å²) in [6, 6.07) is 10.5. The van der Waals surface area contributed by atoms with Crippen LogP contribution in [0.2, 0.25) is 0 Å². The highest BCUT2D eigenvalue weighted by Crippen LogP contribution is 2.28. The Labute approximate surface area is 102 Å². The van der Waals surface area contributed by atoms with E-state index in [4.69, 9.17) is 4.42 Å². The predicted molar refractivity (Wildman–Crippen MR) is 69.1 cm³/mol. The van der Waals surface area contributed by atoms with Crippen LogP contribution in [0.3, 0.4) is 0 Å². The molecule has 88 valence electrons. The molecule has 2 nitrogen and oxygen atoms in total. The minimum Gasteiger partial charge on any atom is -0.467 e. The van der Waals surface area contributed by atoms with Crippen molar-refractivity contribution in [2.45, 2.75) is 32.2 Å². The number of hydrogen-bond acceptors (Lipinski definition) is 2. The second-order valence-corrected chi connectivity index (χ2v) is 4.58. The molecule has 0 saturated heterocycles. The van der Waals surface area contributed by atoms with E-state index in [0.717, 1.165) is 12.3 Å². The van der Waals surface area contributed by atoms with Crippen LogP contribution in [-0.4, -0.2) is 0 Å². The highest BCUT2D eigenvalue weighted by molar-refractivity contribution is 5.55. The van der Waals surface area contributed by atoms with E-state index < -0.39 is 0 Å². The van der Waals surface area contributed by atoms with Crippen molar-refractivity contribution < 1.29 is 4.42 Å². The second kappa shape index (κ2) is 4.66. The summed E-state index contributed by atoms with van der Waals surface area (Å²) in [5.74, 6) is 0.985. The fraction of sp³-hybridized carbons (Fsp3) is 0.333. The van der Waals surface area contributed by atoms with Crippen molar-refractivity contribution in [3.05, 3.63) is 53.5 Å². The number of rotatable bonds is 3. The van der Waals surface area contributed by atoms with Crippen molar-refractivity contribution in [3.8, 4) is 0 Å². The molecular formula is C15H17NO. The van der Waals surface area contributed by atoms with Crippen LogP contribution in [0.4, 0.5) is 5.69 Å². The third-order valence-electron chi connectivity index (χ3n) is 3.43. The van der Waals surface area contributed by atoms with Crippen LogP contribution in [-0.2, 0) is 19.4 Å². The molecule has 1 aliphatic rings. The number of hydrogen-bond donors (Lipinski definition) is 1. The normalized spacial score (nSPS) is 14.4. The van der Waals surface area contributed by atoms with E-state index in [1.807, 2.05) is 12.1 Å². The Kier molecular flexibility index (Phi) is 2.87. The SMILES string of the molecule is c1coc(CNc2cccc3c2CCCC3)c1. The van der Waals surface area contributed by atoms with Gasteiger partial charge < -0.3 is 9.73 Å². The van der Waals surface area contributed by atoms with E-state index in [2.05, 4.69) is 23.5 Å². The summed E-state index contributed by atoms with van der Waals surface area (Å²) >= 11 is 0. The molecule has 0 bridgehead atoms. The molecule has 3 rings (SSSR count). The van der Waals surface area contributed by atoms with Gasteiger partial charge in [-0.1, -0.05) is 12.1 Å². The van der Waals surface area contributed by atoms with Crippen LogP contribution in [0.1, 0.15) is 29.7 Å². The molecule has 0 radical (unpaired) electrons. The quantitative estimate of drug-likeness (QED) is 0.863. The Morgan fingerprint density at radius 3 is 2.88 bits per heavy atom. The van der Waals surface area contributed by atoms with Gasteiger partial charge in [0.25, 0.3) is 0 Å². The molecule has 1 heterocycles. The van der Waals surface area contributed by atoms with Gasteiger partial charge >= 0.3 is 0 Å². The van der Waals surface area contributed by atoms with Gasteiger partial charge in [-0.15, -0.1) is 0 Å². The standard InChI is InChI=1S/C15H17NO/c1-2-8-14-12(5-1)6-3-9-15(14)16-11-13-7-4-10-17-13/h3-4,6-7,9-10,16H,1-2,5,8,11H2. The topological polar surface area (TPSA) is 25.2 Å². The van der Waals surface area contributed by atoms with Crippen molar-refractivity contribution in [2.75, 3.05) is 5.32 Å². The number of aryl methyl sites for hydroxylation is 1. The first-order chi connectivity index (χ1) is 8.43. The number of anilines is 1. The lowest BCUT2D eigenvalue weighted by Gasteiger charge is -2.19. The molecule has 0 amide bonds. The Hall–Kier alpha value is -1.70. The van der Waals surface area contributed by atoms with Crippen LogP contribution in [0.5, 0.6) is 0 Å². The summed E-state index contributed by atoms with van der Waals surface area (Å²) in [5.41, 5.74) is 4.30. The molecule has 0 saturated carbocycles. The van der Waals surface area contributed by atoms with E-state index in [1.54, 1.807) is 6.26 Å². The molecular weight excluding hydrogens is 210 g/mol. The molecule has 1 N–H and O–H groups in total. The summed E-state index contributed by atoms with van der Waals surface area (Å²) in [6.45, 7) is 0.767. The van der Waals surface area contributed by atoms with Gasteiger partial charge in [-0.2, -0.15) is 0 Å². The molecule has 2 heteroatoms. The van der Waals surface area contributed by atoms with Gasteiger partial charge in [-0.3, -0.25) is 0 Å². The molecule has 0 unspecified atom stereocenters. The third kappa shape index (κ3) is 2.21. The molecule has 0 spiro atoms. The minimum atomic E-state index is 0.767. The van der Waals surface area contributed by atoms with Crippen LogP contribution in [0, 0.1) is 0 Å². The Bertz CT molecular complexity index is 488. The van der Waals surface area contributed by atoms with Gasteiger partial charge in [-0.25, -0.2) is 0 Å². The van der Waals surface area contributed by atoms with Crippen molar-refractivity contribution in [1.29, 1.82) is 0 Å². The van der Waals surface area contributed by atoms with E-state index in [1.165, 1.54) is 42.5 Å². The first-order valence-corrected chi connectivity index (χ1v) is 6.30. The summed E-state index contributed by atoms with van der Waals surface area (Å²) in [6.07, 6.45) is 6.79. The zero-order valence-corrected chi connectivity index (χ0v) is 9.91. The Morgan fingerprint density at radius 2 is 2.00 bits per heavy atom. The molecule has 1 aromatic heterocycles. The maximum absolute atomic E-state index is 5.34. The largest absolute Gasteiger partial charge is 0.467 e. The monoisotopic (exact) mass is 227 g/mol. The van der Waals surface area contributed by atoms with E-state index >= 15 is 0 Å². The van der Waals surface area contributed by atoms with Gasteiger partial charge in [0.1, 0.15) is 5.76 Å². The smallest absolute Gasteiger partial charge is 0.122 e. The Morgan fingerprint density at radius 1 is 1.06 bits per heavy atom. The van der Waals surface area contributed by atoms with Crippen molar-refractivity contribution >= 4 is 5.69 Å². The van der Waals surface area contributed by atoms with E-state index in [0.29, 0.717) is 0 Å². The molecule has 2 aromatic rings. The second-order valence-electron chi connectivity index (χ2n) is 4.58. The summed E-state index contributed by atoms with van der Waals surface area (Å²) in [7, 11) is 0. The van der Waals surface area contributed by atoms with Crippen LogP contribution < -0.4 is 5.32 Å². The predicted octanol–water partition coefficient (Wildman–Crippen LogP) is 3.77. The number of nitrogens with one attached hydrogen (secondary N) is 1. The van der Waals surface area contributed by atoms with Gasteiger partial charge in [0.2, 0.25) is 0 Å². The van der Waals surface area contributed by atoms with E-state index in [-0.39, 0.29) is 0 Å². The zero-order chi connectivity index (χ0) is 11.5. The lowest BCUT2D eigenvalue weighted by Crippen LogP contribution is -2.08. The zero-order valence-electron chi connectivity index (χ0n) is 9.91. The van der Waals surface area contributed by atoms with Gasteiger partial charge in [-0.05, 0) is 55.0 Å². The van der Waals surface area contributed by atoms with Crippen molar-refractivity contribution in [2.24, 2.45) is 0 Å². The highest BCUT2D eigenvalue weighted by atomic mass is 16.3. The third-order valence-corrected chi connectivity index (χ3v) is 3.43. The summed E-state index contributed by atoms with van der Waals surface area (Å²) in [5, 5.41) is 3.48. The highest BCUT2D eigenvalue weighted by Gasteiger charge is 2.12. The van der Waals surface area contributed by atoms with Gasteiger partial charge in [0.15, 0.2) is 0 Å². The van der Waals surface area contributed by atoms with Crippen LogP contribution in [0.25, 0.3) is 0 Å². The average molecular weight is 227 g/mol. The summed E-state index contributed by atoms with van der Waals surface area (Å²) < 4.78 is 5.34. The van der Waals surface area contributed by atoms with Crippen LogP contribution >= 0.6 is 0 Å². The van der Waals surface area contributed by atoms with Crippen molar-refractivity contribution in [3.63, 3.8) is 0 Å². The molecule has 1 aromatic carbocycles. The molecule has 1 aliphatic carbocycles. The van der Waals surface area contributed by atoms with Gasteiger partial charge in [0.05, 0.1) is 12.8 Å². The number of fused-ring (bicyclic) bond motifs is 1. The van der Waals surface area contributed by atoms with Crippen molar-refractivity contribution in [1.82, 2.24) is 0 Å². The van der Waals surface area contributed by atoms with Gasteiger partial charge in [0, 0.05) is 5.69 Å². The van der Waals surface area contributed by atoms with E-state index in [9.17, 15) is 0 Å². The number of benzene rings is 1. The molecule has 0 atom stereocenters. The fourth-order valence-electron chi connectivity index (χ4n) is 2.54. The molecule has 0 fully saturated rings. The first kappa shape index (κ1) is 10.5. The summed E-state index contributed by atoms with van der Waals surface area (Å²) in [4.78, 5) is 0. The Balaban J connectivity index is 1.78. The van der Waals surface area contributed by atoms with Crippen LogP contribution in [0.15, 0.2) is 41.0 Å². The molecule has 17 heavy (non-hydrogen) atoms. The minimum absolute atomic E-state index is 0.767. The maximum Gasteiger partial charge on any atom is 0.122 e. The molecule has 0 aliphatic heterocycles. The first-order valence-electron chi connectivity index (χ1n) is 6.30. The maximum atomic E-state index is 5.34.